The predicted octanol–water partition coefficient (Wildman–Crippen LogP) is 6.74. The number of nitrogens with zero attached hydrogens (tertiary/aromatic N) is 2. The van der Waals surface area contributed by atoms with Crippen LogP contribution in [0.15, 0.2) is 71.2 Å². The number of halogens is 2. The second-order valence-corrected chi connectivity index (χ2v) is 8.80. The van der Waals surface area contributed by atoms with E-state index in [0.717, 1.165) is 21.2 Å². The molecule has 0 saturated heterocycles. The maximum absolute atomic E-state index is 6.04. The van der Waals surface area contributed by atoms with Gasteiger partial charge in [-0.1, -0.05) is 70.0 Å². The number of aromatic nitrogens is 3. The van der Waals surface area contributed by atoms with Crippen LogP contribution in [0.4, 0.5) is 0 Å². The van der Waals surface area contributed by atoms with E-state index >= 15 is 0 Å². The van der Waals surface area contributed by atoms with Crippen LogP contribution in [-0.4, -0.2) is 21.5 Å². The number of hydrogen-bond donors (Lipinski definition) is 2. The molecule has 4 rings (SSSR count). The molecule has 0 atom stereocenters. The Hall–Kier alpha value is -2.81. The predicted molar refractivity (Wildman–Crippen MR) is 137 cm³/mol. The molecule has 1 aromatic heterocycles. The van der Waals surface area contributed by atoms with Crippen molar-refractivity contribution >= 4 is 39.7 Å². The molecule has 0 aliphatic heterocycles. The van der Waals surface area contributed by atoms with Crippen LogP contribution in [0.1, 0.15) is 18.1 Å². The van der Waals surface area contributed by atoms with Crippen LogP contribution in [0, 0.1) is 4.77 Å². The first-order valence-electron chi connectivity index (χ1n) is 10.3. The summed E-state index contributed by atoms with van der Waals surface area (Å²) >= 11 is 15.0. The third-order valence-electron chi connectivity index (χ3n) is 4.85. The summed E-state index contributed by atoms with van der Waals surface area (Å²) in [4.78, 5) is 0. The zero-order chi connectivity index (χ0) is 23.2. The first-order valence-corrected chi connectivity index (χ1v) is 11.9. The molecule has 0 fully saturated rings. The van der Waals surface area contributed by atoms with Gasteiger partial charge in [-0.2, -0.15) is 5.10 Å². The third kappa shape index (κ3) is 5.76. The van der Waals surface area contributed by atoms with Gasteiger partial charge >= 0.3 is 0 Å². The minimum absolute atomic E-state index is 0.409. The van der Waals surface area contributed by atoms with E-state index in [9.17, 15) is 0 Å². The summed E-state index contributed by atoms with van der Waals surface area (Å²) in [6.45, 7) is 3.37. The Morgan fingerprint density at radius 3 is 2.52 bits per heavy atom. The van der Waals surface area contributed by atoms with Gasteiger partial charge in [0.15, 0.2) is 17.3 Å². The molecule has 170 valence electrons. The van der Waals surface area contributed by atoms with Crippen molar-refractivity contribution in [3.8, 4) is 22.9 Å². The van der Waals surface area contributed by atoms with Crippen LogP contribution < -0.4 is 14.9 Å². The van der Waals surface area contributed by atoms with Crippen molar-refractivity contribution < 1.29 is 9.47 Å². The molecule has 0 spiro atoms. The molecule has 0 saturated carbocycles. The van der Waals surface area contributed by atoms with Gasteiger partial charge in [0.25, 0.3) is 0 Å². The standard InChI is InChI=1S/C24H22BrClN4O2S/c1-2-31-21-12-18(20(25)13-22(21)32-15-16-8-10-19(26)11-9-16)14-27-30-23(28-29-24(30)33)17-6-4-3-5-7-17/h3-13,27H,2,14-15H2,1H3,(H,29,33). The molecule has 0 aliphatic rings. The molecule has 3 aromatic carbocycles. The lowest BCUT2D eigenvalue weighted by atomic mass is 10.2. The number of rotatable bonds is 9. The van der Waals surface area contributed by atoms with E-state index < -0.39 is 0 Å². The lowest BCUT2D eigenvalue weighted by molar-refractivity contribution is 0.269. The average molecular weight is 546 g/mol. The quantitative estimate of drug-likeness (QED) is 0.228. The van der Waals surface area contributed by atoms with Gasteiger partial charge in [0.1, 0.15) is 6.61 Å². The normalized spacial score (nSPS) is 10.8. The van der Waals surface area contributed by atoms with Crippen molar-refractivity contribution in [1.82, 2.24) is 14.9 Å². The number of ether oxygens (including phenoxy) is 2. The van der Waals surface area contributed by atoms with Crippen LogP contribution in [0.2, 0.25) is 5.02 Å². The number of hydrogen-bond acceptors (Lipinski definition) is 5. The Morgan fingerprint density at radius 2 is 1.79 bits per heavy atom. The van der Waals surface area contributed by atoms with Gasteiger partial charge in [0, 0.05) is 15.1 Å². The highest BCUT2D eigenvalue weighted by molar-refractivity contribution is 9.10. The van der Waals surface area contributed by atoms with Gasteiger partial charge < -0.3 is 14.9 Å². The molecule has 1 heterocycles. The lowest BCUT2D eigenvalue weighted by Crippen LogP contribution is -2.16. The minimum Gasteiger partial charge on any atom is -0.490 e. The van der Waals surface area contributed by atoms with Crippen molar-refractivity contribution in [3.05, 3.63) is 92.1 Å². The van der Waals surface area contributed by atoms with E-state index in [-0.39, 0.29) is 0 Å². The van der Waals surface area contributed by atoms with E-state index in [1.54, 1.807) is 4.68 Å². The molecule has 0 unspecified atom stereocenters. The summed E-state index contributed by atoms with van der Waals surface area (Å²) in [5, 5.41) is 7.91. The van der Waals surface area contributed by atoms with Gasteiger partial charge in [0.2, 0.25) is 4.77 Å². The molecule has 0 radical (unpaired) electrons. The highest BCUT2D eigenvalue weighted by Crippen LogP contribution is 2.34. The zero-order valence-corrected chi connectivity index (χ0v) is 21.0. The molecule has 33 heavy (non-hydrogen) atoms. The van der Waals surface area contributed by atoms with Gasteiger partial charge in [-0.15, -0.1) is 0 Å². The lowest BCUT2D eigenvalue weighted by Gasteiger charge is -2.16. The zero-order valence-electron chi connectivity index (χ0n) is 17.8. The smallest absolute Gasteiger partial charge is 0.214 e. The Bertz CT molecular complexity index is 1280. The largest absolute Gasteiger partial charge is 0.490 e. The fourth-order valence-electron chi connectivity index (χ4n) is 3.22. The number of nitrogens with one attached hydrogen (secondary N) is 2. The Balaban J connectivity index is 1.53. The number of benzene rings is 3. The fraction of sp³-hybridized carbons (Fsp3) is 0.167. The Labute approximate surface area is 210 Å². The molecule has 0 amide bonds. The summed E-state index contributed by atoms with van der Waals surface area (Å²) in [6, 6.07) is 21.3. The summed E-state index contributed by atoms with van der Waals surface area (Å²) < 4.78 is 15.0. The summed E-state index contributed by atoms with van der Waals surface area (Å²) in [7, 11) is 0. The SMILES string of the molecule is CCOc1cc(CNn2c(-c3ccccc3)n[nH]c2=S)c(Br)cc1OCc1ccc(Cl)cc1. The monoisotopic (exact) mass is 544 g/mol. The average Bonchev–Trinajstić information content (AvgIpc) is 3.20. The van der Waals surface area contributed by atoms with Crippen molar-refractivity contribution in [3.63, 3.8) is 0 Å². The molecular weight excluding hydrogens is 524 g/mol. The second-order valence-electron chi connectivity index (χ2n) is 7.13. The number of aromatic amines is 1. The molecule has 6 nitrogen and oxygen atoms in total. The van der Waals surface area contributed by atoms with Crippen LogP contribution >= 0.6 is 39.7 Å². The third-order valence-corrected chi connectivity index (χ3v) is 6.12. The Kier molecular flexibility index (Phi) is 7.69. The van der Waals surface area contributed by atoms with E-state index in [1.807, 2.05) is 73.7 Å². The first kappa shape index (κ1) is 23.4. The van der Waals surface area contributed by atoms with Crippen LogP contribution in [0.3, 0.4) is 0 Å². The Morgan fingerprint density at radius 1 is 1.06 bits per heavy atom. The first-order chi connectivity index (χ1) is 16.0. The van der Waals surface area contributed by atoms with Gasteiger partial charge in [-0.25, -0.2) is 9.77 Å². The van der Waals surface area contributed by atoms with Gasteiger partial charge in [0.05, 0.1) is 13.2 Å². The summed E-state index contributed by atoms with van der Waals surface area (Å²) in [5.74, 6) is 2.04. The molecule has 4 aromatic rings. The highest BCUT2D eigenvalue weighted by Gasteiger charge is 2.13. The minimum atomic E-state index is 0.409. The second kappa shape index (κ2) is 10.9. The summed E-state index contributed by atoms with van der Waals surface area (Å²) in [6.07, 6.45) is 0. The molecule has 0 bridgehead atoms. The van der Waals surface area contributed by atoms with E-state index in [2.05, 4.69) is 31.6 Å². The van der Waals surface area contributed by atoms with Crippen molar-refractivity contribution in [1.29, 1.82) is 0 Å². The van der Waals surface area contributed by atoms with Crippen molar-refractivity contribution in [2.75, 3.05) is 12.0 Å². The van der Waals surface area contributed by atoms with Crippen LogP contribution in [-0.2, 0) is 13.2 Å². The van der Waals surface area contributed by atoms with Crippen LogP contribution in [0.5, 0.6) is 11.5 Å². The van der Waals surface area contributed by atoms with Gasteiger partial charge in [-0.3, -0.25) is 0 Å². The maximum Gasteiger partial charge on any atom is 0.214 e. The summed E-state index contributed by atoms with van der Waals surface area (Å²) in [5.41, 5.74) is 6.31. The van der Waals surface area contributed by atoms with Crippen molar-refractivity contribution in [2.45, 2.75) is 20.1 Å². The molecular formula is C24H22BrClN4O2S. The molecule has 9 heteroatoms. The van der Waals surface area contributed by atoms with Crippen LogP contribution in [0.25, 0.3) is 11.4 Å². The maximum atomic E-state index is 6.04. The van der Waals surface area contributed by atoms with Gasteiger partial charge in [-0.05, 0) is 54.5 Å². The van der Waals surface area contributed by atoms with E-state index in [4.69, 9.17) is 33.3 Å². The fourth-order valence-corrected chi connectivity index (χ4v) is 4.01. The van der Waals surface area contributed by atoms with Crippen molar-refractivity contribution in [2.24, 2.45) is 0 Å². The topological polar surface area (TPSA) is 64.1 Å². The molecule has 2 N–H and O–H groups in total. The van der Waals surface area contributed by atoms with E-state index in [0.29, 0.717) is 46.9 Å². The highest BCUT2D eigenvalue weighted by atomic mass is 79.9. The van der Waals surface area contributed by atoms with E-state index in [1.165, 1.54) is 0 Å². The number of H-pyrrole nitrogens is 1. The molecule has 0 aliphatic carbocycles.